The number of benzene rings is 2. The van der Waals surface area contributed by atoms with E-state index in [1.54, 1.807) is 13.8 Å². The Hall–Kier alpha value is -2.15. The largest absolute Gasteiger partial charge is 0.387 e. The second-order valence-corrected chi connectivity index (χ2v) is 9.08. The summed E-state index contributed by atoms with van der Waals surface area (Å²) in [5.41, 5.74) is 5.02. The third-order valence-corrected chi connectivity index (χ3v) is 5.70. The Morgan fingerprint density at radius 3 is 1.87 bits per heavy atom. The average molecular weight is 530 g/mol. The predicted octanol–water partition coefficient (Wildman–Crippen LogP) is 6.87. The van der Waals surface area contributed by atoms with Gasteiger partial charge in [0, 0.05) is 26.6 Å². The number of pyridine rings is 2. The lowest BCUT2D eigenvalue weighted by Crippen LogP contribution is -2.00. The van der Waals surface area contributed by atoms with E-state index in [1.165, 1.54) is 0 Å². The van der Waals surface area contributed by atoms with Gasteiger partial charge in [0.05, 0.1) is 22.8 Å². The first kappa shape index (κ1) is 22.5. The molecule has 0 unspecified atom stereocenters. The fraction of sp³-hybridized carbons (Fsp3) is 0.208. The highest BCUT2D eigenvalue weighted by molar-refractivity contribution is 9.10. The highest BCUT2D eigenvalue weighted by Crippen LogP contribution is 2.23. The maximum absolute atomic E-state index is 11.3. The van der Waals surface area contributed by atoms with Gasteiger partial charge < -0.3 is 5.11 Å². The minimum absolute atomic E-state index is 0.00868. The highest BCUT2D eigenvalue weighted by Gasteiger charge is 2.09. The van der Waals surface area contributed by atoms with Crippen molar-refractivity contribution in [2.75, 3.05) is 0 Å². The number of carbonyl (C=O) groups is 1. The molecule has 4 nitrogen and oxygen atoms in total. The van der Waals surface area contributed by atoms with Crippen LogP contribution in [-0.4, -0.2) is 20.9 Å². The molecule has 4 aromatic rings. The number of hydrogen-bond acceptors (Lipinski definition) is 4. The number of aryl methyl sites for hydroxylation is 2. The summed E-state index contributed by atoms with van der Waals surface area (Å²) in [6.45, 7) is 7.15. The molecule has 2 aromatic heterocycles. The first-order valence-electron chi connectivity index (χ1n) is 9.48. The van der Waals surface area contributed by atoms with Crippen LogP contribution in [0.15, 0.2) is 57.5 Å². The van der Waals surface area contributed by atoms with Gasteiger partial charge in [0.25, 0.3) is 0 Å². The standard InChI is InChI=1S/C12H12BrNO.C12H10BrNO/c2*1-7-5-9-3-4-10(13)6-11(9)14-12(7)8(2)15/h3-6,8,15H,1-2H3;3-6H,1-2H3/t8-;/m1./s1. The van der Waals surface area contributed by atoms with Gasteiger partial charge in [0.1, 0.15) is 5.69 Å². The summed E-state index contributed by atoms with van der Waals surface area (Å²) >= 11 is 6.80. The zero-order valence-corrected chi connectivity index (χ0v) is 20.4. The number of nitrogens with zero attached hydrogens (tertiary/aromatic N) is 2. The fourth-order valence-electron chi connectivity index (χ4n) is 3.29. The van der Waals surface area contributed by atoms with Crippen LogP contribution in [0.1, 0.15) is 47.3 Å². The van der Waals surface area contributed by atoms with Crippen LogP contribution in [0.2, 0.25) is 0 Å². The summed E-state index contributed by atoms with van der Waals surface area (Å²) < 4.78 is 1.98. The SMILES string of the molecule is CC(=O)c1nc2cc(Br)ccc2cc1C.Cc1cc2ccc(Br)cc2nc1[C@@H](C)O. The summed E-state index contributed by atoms with van der Waals surface area (Å²) in [4.78, 5) is 20.1. The lowest BCUT2D eigenvalue weighted by molar-refractivity contribution is 0.101. The lowest BCUT2D eigenvalue weighted by atomic mass is 10.1. The van der Waals surface area contributed by atoms with Gasteiger partial charge in [-0.1, -0.05) is 44.0 Å². The van der Waals surface area contributed by atoms with E-state index in [9.17, 15) is 9.90 Å². The van der Waals surface area contributed by atoms with E-state index in [-0.39, 0.29) is 5.78 Å². The van der Waals surface area contributed by atoms with Crippen molar-refractivity contribution in [1.82, 2.24) is 9.97 Å². The van der Waals surface area contributed by atoms with Crippen LogP contribution in [0.3, 0.4) is 0 Å². The van der Waals surface area contributed by atoms with Crippen molar-refractivity contribution in [1.29, 1.82) is 0 Å². The minimum atomic E-state index is -0.520. The van der Waals surface area contributed by atoms with E-state index in [0.29, 0.717) is 5.69 Å². The van der Waals surface area contributed by atoms with Crippen molar-refractivity contribution in [2.45, 2.75) is 33.8 Å². The number of fused-ring (bicyclic) bond motifs is 2. The van der Waals surface area contributed by atoms with Gasteiger partial charge in [-0.25, -0.2) is 9.97 Å². The Balaban J connectivity index is 0.000000171. The van der Waals surface area contributed by atoms with Crippen LogP contribution in [0.25, 0.3) is 21.8 Å². The van der Waals surface area contributed by atoms with E-state index in [0.717, 1.165) is 47.6 Å². The highest BCUT2D eigenvalue weighted by atomic mass is 79.9. The van der Waals surface area contributed by atoms with Crippen molar-refractivity contribution < 1.29 is 9.90 Å². The monoisotopic (exact) mass is 528 g/mol. The second kappa shape index (κ2) is 9.33. The molecule has 0 amide bonds. The quantitative estimate of drug-likeness (QED) is 0.288. The first-order valence-corrected chi connectivity index (χ1v) is 11.1. The Morgan fingerprint density at radius 2 is 1.37 bits per heavy atom. The third-order valence-electron chi connectivity index (χ3n) is 4.71. The van der Waals surface area contributed by atoms with Gasteiger partial charge in [0.15, 0.2) is 5.78 Å². The number of Topliss-reactive ketones (excluding diaryl/α,β-unsaturated/α-hetero) is 1. The predicted molar refractivity (Wildman–Crippen MR) is 129 cm³/mol. The summed E-state index contributed by atoms with van der Waals surface area (Å²) in [5.74, 6) is 0.00868. The second-order valence-electron chi connectivity index (χ2n) is 7.25. The molecule has 0 aliphatic carbocycles. The maximum Gasteiger partial charge on any atom is 0.178 e. The summed E-state index contributed by atoms with van der Waals surface area (Å²) in [6.07, 6.45) is -0.520. The van der Waals surface area contributed by atoms with Gasteiger partial charge >= 0.3 is 0 Å². The Morgan fingerprint density at radius 1 is 0.867 bits per heavy atom. The van der Waals surface area contributed by atoms with E-state index in [1.807, 2.05) is 56.3 Å². The molecular formula is C24H22Br2N2O2. The molecule has 2 aromatic carbocycles. The van der Waals surface area contributed by atoms with E-state index in [2.05, 4.69) is 47.9 Å². The van der Waals surface area contributed by atoms with Crippen LogP contribution < -0.4 is 0 Å². The molecule has 4 rings (SSSR count). The molecule has 0 bridgehead atoms. The number of rotatable bonds is 2. The molecular weight excluding hydrogens is 508 g/mol. The summed E-state index contributed by atoms with van der Waals surface area (Å²) in [7, 11) is 0. The molecule has 0 fully saturated rings. The van der Waals surface area contributed by atoms with Gasteiger partial charge in [-0.05, 0) is 68.3 Å². The van der Waals surface area contributed by atoms with Crippen molar-refractivity contribution in [3.63, 3.8) is 0 Å². The molecule has 0 aliphatic rings. The molecule has 2 heterocycles. The van der Waals surface area contributed by atoms with Gasteiger partial charge in [0.2, 0.25) is 0 Å². The molecule has 0 aliphatic heterocycles. The van der Waals surface area contributed by atoms with E-state index >= 15 is 0 Å². The Labute approximate surface area is 192 Å². The van der Waals surface area contributed by atoms with Gasteiger partial charge in [-0.15, -0.1) is 0 Å². The van der Waals surface area contributed by atoms with Crippen molar-refractivity contribution >= 4 is 59.4 Å². The first-order chi connectivity index (χ1) is 14.2. The molecule has 0 radical (unpaired) electrons. The number of hydrogen-bond donors (Lipinski definition) is 1. The lowest BCUT2D eigenvalue weighted by Gasteiger charge is -2.09. The average Bonchev–Trinajstić information content (AvgIpc) is 2.67. The van der Waals surface area contributed by atoms with Crippen molar-refractivity contribution in [3.05, 3.63) is 80.0 Å². The molecule has 154 valence electrons. The molecule has 0 saturated heterocycles. The van der Waals surface area contributed by atoms with Crippen molar-refractivity contribution in [2.24, 2.45) is 0 Å². The van der Waals surface area contributed by atoms with Crippen LogP contribution >= 0.6 is 31.9 Å². The van der Waals surface area contributed by atoms with E-state index < -0.39 is 6.10 Å². The summed E-state index contributed by atoms with van der Waals surface area (Å²) in [6, 6.07) is 15.9. The van der Waals surface area contributed by atoms with Crippen LogP contribution in [0, 0.1) is 13.8 Å². The number of carbonyl (C=O) groups excluding carboxylic acids is 1. The number of aliphatic hydroxyl groups excluding tert-OH is 1. The maximum atomic E-state index is 11.3. The molecule has 6 heteroatoms. The zero-order chi connectivity index (χ0) is 22.0. The third kappa shape index (κ3) is 5.12. The number of aliphatic hydroxyl groups is 1. The Bertz CT molecular complexity index is 1250. The normalized spacial score (nSPS) is 11.8. The molecule has 30 heavy (non-hydrogen) atoms. The van der Waals surface area contributed by atoms with Gasteiger partial charge in [-0.2, -0.15) is 0 Å². The number of ketones is 1. The molecule has 1 N–H and O–H groups in total. The smallest absolute Gasteiger partial charge is 0.178 e. The van der Waals surface area contributed by atoms with Crippen molar-refractivity contribution in [3.8, 4) is 0 Å². The van der Waals surface area contributed by atoms with Gasteiger partial charge in [-0.3, -0.25) is 4.79 Å². The molecule has 1 atom stereocenters. The Kier molecular flexibility index (Phi) is 7.01. The van der Waals surface area contributed by atoms with E-state index in [4.69, 9.17) is 0 Å². The molecule has 0 spiro atoms. The van der Waals surface area contributed by atoms with Crippen LogP contribution in [0.5, 0.6) is 0 Å². The number of halogens is 2. The number of aromatic nitrogens is 2. The fourth-order valence-corrected chi connectivity index (χ4v) is 3.98. The molecule has 0 saturated carbocycles. The van der Waals surface area contributed by atoms with Crippen LogP contribution in [-0.2, 0) is 0 Å². The minimum Gasteiger partial charge on any atom is -0.387 e. The zero-order valence-electron chi connectivity index (χ0n) is 17.2. The summed E-state index contributed by atoms with van der Waals surface area (Å²) in [5, 5.41) is 11.7. The topological polar surface area (TPSA) is 63.1 Å². The van der Waals surface area contributed by atoms with Crippen LogP contribution in [0.4, 0.5) is 0 Å².